The maximum atomic E-state index is 12.3. The number of hydrogen-bond acceptors (Lipinski definition) is 3. The summed E-state index contributed by atoms with van der Waals surface area (Å²) in [4.78, 5) is 3.93. The first-order chi connectivity index (χ1) is 11.6. The number of aliphatic imine (C=N–C) groups is 1. The fourth-order valence-electron chi connectivity index (χ4n) is 2.47. The van der Waals surface area contributed by atoms with Crippen LogP contribution in [-0.2, 0) is 11.3 Å². The molecule has 0 aliphatic carbocycles. The second-order valence-corrected chi connectivity index (χ2v) is 5.75. The average Bonchev–Trinajstić information content (AvgIpc) is 3.07. The van der Waals surface area contributed by atoms with E-state index in [1.54, 1.807) is 7.05 Å². The van der Waals surface area contributed by atoms with Crippen molar-refractivity contribution in [2.45, 2.75) is 38.8 Å². The number of hydrogen-bond donors (Lipinski definition) is 2. The number of benzene rings is 1. The van der Waals surface area contributed by atoms with E-state index in [-0.39, 0.29) is 6.10 Å². The van der Waals surface area contributed by atoms with Crippen LogP contribution in [0.1, 0.15) is 24.0 Å². The quantitative estimate of drug-likeness (QED) is 0.591. The molecule has 0 amide bonds. The van der Waals surface area contributed by atoms with E-state index in [2.05, 4.69) is 15.6 Å². The summed E-state index contributed by atoms with van der Waals surface area (Å²) in [5.41, 5.74) is 2.04. The summed E-state index contributed by atoms with van der Waals surface area (Å²) in [7, 11) is 1.55. The molecule has 1 aromatic carbocycles. The molecule has 0 saturated carbocycles. The highest BCUT2D eigenvalue weighted by atomic mass is 19.3. The number of nitrogens with zero attached hydrogens (tertiary/aromatic N) is 1. The molecule has 0 bridgehead atoms. The lowest BCUT2D eigenvalue weighted by Gasteiger charge is -2.17. The second-order valence-electron chi connectivity index (χ2n) is 5.75. The van der Waals surface area contributed by atoms with Gasteiger partial charge in [0.05, 0.1) is 12.6 Å². The molecule has 1 unspecified atom stereocenters. The summed E-state index contributed by atoms with van der Waals surface area (Å²) in [5, 5.41) is 5.60. The molecule has 24 heavy (non-hydrogen) atoms. The summed E-state index contributed by atoms with van der Waals surface area (Å²) in [6.07, 6.45) is -0.188. The van der Waals surface area contributed by atoms with Crippen molar-refractivity contribution < 1.29 is 18.3 Å². The van der Waals surface area contributed by atoms with Gasteiger partial charge in [-0.2, -0.15) is 0 Å². The van der Waals surface area contributed by atoms with Crippen molar-refractivity contribution in [2.24, 2.45) is 4.99 Å². The van der Waals surface area contributed by atoms with E-state index in [1.165, 1.54) is 0 Å². The second kappa shape index (κ2) is 9.42. The van der Waals surface area contributed by atoms with E-state index in [1.807, 2.05) is 25.1 Å². The Hall–Kier alpha value is -1.89. The molecule has 1 aromatic rings. The van der Waals surface area contributed by atoms with E-state index >= 15 is 0 Å². The van der Waals surface area contributed by atoms with Gasteiger partial charge in [0.15, 0.2) is 5.96 Å². The first kappa shape index (κ1) is 18.4. The minimum Gasteiger partial charge on any atom is -0.491 e. The molecule has 5 nitrogen and oxygen atoms in total. The highest BCUT2D eigenvalue weighted by Gasteiger charge is 2.17. The molecule has 1 atom stereocenters. The number of halogens is 2. The zero-order chi connectivity index (χ0) is 17.4. The fourth-order valence-corrected chi connectivity index (χ4v) is 2.47. The monoisotopic (exact) mass is 341 g/mol. The van der Waals surface area contributed by atoms with Gasteiger partial charge in [-0.05, 0) is 31.4 Å². The van der Waals surface area contributed by atoms with Gasteiger partial charge in [-0.1, -0.05) is 12.1 Å². The van der Waals surface area contributed by atoms with Crippen molar-refractivity contribution in [1.82, 2.24) is 10.6 Å². The van der Waals surface area contributed by atoms with Crippen molar-refractivity contribution in [3.05, 3.63) is 29.3 Å². The Kier molecular flexibility index (Phi) is 7.24. The molecule has 0 spiro atoms. The maximum Gasteiger partial charge on any atom is 0.255 e. The Morgan fingerprint density at radius 2 is 2.25 bits per heavy atom. The van der Waals surface area contributed by atoms with Gasteiger partial charge in [-0.15, -0.1) is 0 Å². The molecule has 2 N–H and O–H groups in total. The van der Waals surface area contributed by atoms with Gasteiger partial charge in [0.25, 0.3) is 6.43 Å². The first-order valence-electron chi connectivity index (χ1n) is 8.15. The summed E-state index contributed by atoms with van der Waals surface area (Å²) in [6, 6.07) is 5.93. The van der Waals surface area contributed by atoms with E-state index < -0.39 is 13.0 Å². The van der Waals surface area contributed by atoms with Gasteiger partial charge in [0.1, 0.15) is 12.4 Å². The van der Waals surface area contributed by atoms with Crippen LogP contribution in [0.4, 0.5) is 8.78 Å². The third kappa shape index (κ3) is 5.96. The van der Waals surface area contributed by atoms with Crippen LogP contribution in [0.25, 0.3) is 0 Å². The van der Waals surface area contributed by atoms with Crippen molar-refractivity contribution in [3.8, 4) is 5.75 Å². The van der Waals surface area contributed by atoms with Crippen LogP contribution in [0, 0.1) is 6.92 Å². The van der Waals surface area contributed by atoms with Gasteiger partial charge in [-0.25, -0.2) is 8.78 Å². The third-order valence-corrected chi connectivity index (χ3v) is 3.77. The molecule has 1 saturated heterocycles. The van der Waals surface area contributed by atoms with Gasteiger partial charge in [0.2, 0.25) is 0 Å². The van der Waals surface area contributed by atoms with Crippen LogP contribution >= 0.6 is 0 Å². The lowest BCUT2D eigenvalue weighted by Crippen LogP contribution is -2.39. The normalized spacial score (nSPS) is 18.0. The SMILES string of the molecule is CN=C(NCc1ccc(C)cc1OCC1CCCO1)NCC(F)F. The van der Waals surface area contributed by atoms with Gasteiger partial charge >= 0.3 is 0 Å². The smallest absolute Gasteiger partial charge is 0.255 e. The minimum absolute atomic E-state index is 0.145. The lowest BCUT2D eigenvalue weighted by molar-refractivity contribution is 0.0676. The molecule has 1 aliphatic rings. The van der Waals surface area contributed by atoms with E-state index in [4.69, 9.17) is 9.47 Å². The largest absolute Gasteiger partial charge is 0.491 e. The van der Waals surface area contributed by atoms with Crippen LogP contribution in [0.15, 0.2) is 23.2 Å². The van der Waals surface area contributed by atoms with Gasteiger partial charge in [0, 0.05) is 25.8 Å². The molecule has 0 radical (unpaired) electrons. The zero-order valence-corrected chi connectivity index (χ0v) is 14.1. The highest BCUT2D eigenvalue weighted by molar-refractivity contribution is 5.79. The van der Waals surface area contributed by atoms with Gasteiger partial charge in [-0.3, -0.25) is 4.99 Å². The maximum absolute atomic E-state index is 12.3. The summed E-state index contributed by atoms with van der Waals surface area (Å²) >= 11 is 0. The predicted octanol–water partition coefficient (Wildman–Crippen LogP) is 2.48. The van der Waals surface area contributed by atoms with Crippen LogP contribution in [0.2, 0.25) is 0 Å². The molecule has 1 heterocycles. The standard InChI is InChI=1S/C17H25F2N3O2/c1-12-5-6-13(9-21-17(20-2)22-10-16(18)19)15(8-12)24-11-14-4-3-7-23-14/h5-6,8,14,16H,3-4,7,9-11H2,1-2H3,(H2,20,21,22). The number of alkyl halides is 2. The Bertz CT molecular complexity index is 547. The molecule has 1 fully saturated rings. The Labute approximate surface area is 141 Å². The summed E-state index contributed by atoms with van der Waals surface area (Å²) in [6.45, 7) is 3.32. The van der Waals surface area contributed by atoms with Crippen LogP contribution in [-0.4, -0.2) is 45.3 Å². The number of aryl methyl sites for hydroxylation is 1. The topological polar surface area (TPSA) is 54.9 Å². The van der Waals surface area contributed by atoms with Crippen LogP contribution in [0.3, 0.4) is 0 Å². The van der Waals surface area contributed by atoms with Crippen molar-refractivity contribution in [2.75, 3.05) is 26.8 Å². The molecule has 2 rings (SSSR count). The van der Waals surface area contributed by atoms with Crippen molar-refractivity contribution in [1.29, 1.82) is 0 Å². The molecule has 1 aliphatic heterocycles. The Morgan fingerprint density at radius 3 is 2.92 bits per heavy atom. The number of nitrogens with one attached hydrogen (secondary N) is 2. The fraction of sp³-hybridized carbons (Fsp3) is 0.588. The molecule has 0 aromatic heterocycles. The number of rotatable bonds is 7. The van der Waals surface area contributed by atoms with Crippen LogP contribution in [0.5, 0.6) is 5.75 Å². The highest BCUT2D eigenvalue weighted by Crippen LogP contribution is 2.22. The van der Waals surface area contributed by atoms with Crippen molar-refractivity contribution in [3.63, 3.8) is 0 Å². The molecular formula is C17H25F2N3O2. The van der Waals surface area contributed by atoms with E-state index in [0.717, 1.165) is 36.3 Å². The lowest BCUT2D eigenvalue weighted by atomic mass is 10.1. The Morgan fingerprint density at radius 1 is 1.42 bits per heavy atom. The molecular weight excluding hydrogens is 316 g/mol. The van der Waals surface area contributed by atoms with Crippen LogP contribution < -0.4 is 15.4 Å². The third-order valence-electron chi connectivity index (χ3n) is 3.77. The summed E-state index contributed by atoms with van der Waals surface area (Å²) in [5.74, 6) is 1.11. The molecule has 134 valence electrons. The first-order valence-corrected chi connectivity index (χ1v) is 8.15. The predicted molar refractivity (Wildman–Crippen MR) is 89.9 cm³/mol. The zero-order valence-electron chi connectivity index (χ0n) is 14.1. The van der Waals surface area contributed by atoms with Gasteiger partial charge < -0.3 is 20.1 Å². The van der Waals surface area contributed by atoms with E-state index in [0.29, 0.717) is 19.1 Å². The Balaban J connectivity index is 1.93. The minimum atomic E-state index is -2.42. The summed E-state index contributed by atoms with van der Waals surface area (Å²) < 4.78 is 36.0. The number of guanidine groups is 1. The molecule has 7 heteroatoms. The van der Waals surface area contributed by atoms with E-state index in [9.17, 15) is 8.78 Å². The average molecular weight is 341 g/mol. The number of ether oxygens (including phenoxy) is 2. The van der Waals surface area contributed by atoms with Crippen molar-refractivity contribution >= 4 is 5.96 Å².